The lowest BCUT2D eigenvalue weighted by Crippen LogP contribution is -2.06. The molecule has 0 bridgehead atoms. The van der Waals surface area contributed by atoms with Crippen LogP contribution in [0, 0.1) is 25.2 Å². The summed E-state index contributed by atoms with van der Waals surface area (Å²) < 4.78 is 1.64. The summed E-state index contributed by atoms with van der Waals surface area (Å²) >= 11 is 0. The number of hydrogen-bond donors (Lipinski definition) is 1. The van der Waals surface area contributed by atoms with E-state index in [9.17, 15) is 0 Å². The Labute approximate surface area is 105 Å². The fourth-order valence-corrected chi connectivity index (χ4v) is 1.75. The lowest BCUT2D eigenvalue weighted by molar-refractivity contribution is 0.747. The Balaban J connectivity index is 2.21. The van der Waals surface area contributed by atoms with Crippen LogP contribution < -0.4 is 5.32 Å². The van der Waals surface area contributed by atoms with Gasteiger partial charge < -0.3 is 5.32 Å². The van der Waals surface area contributed by atoms with Gasteiger partial charge in [-0.05, 0) is 19.9 Å². The predicted octanol–water partition coefficient (Wildman–Crippen LogP) is 1.31. The molecule has 0 saturated heterocycles. The number of anilines is 1. The number of pyridine rings is 1. The third-order valence-electron chi connectivity index (χ3n) is 2.52. The molecule has 2 aromatic heterocycles. The van der Waals surface area contributed by atoms with Crippen molar-refractivity contribution in [3.05, 3.63) is 35.2 Å². The maximum atomic E-state index is 9.13. The fourth-order valence-electron chi connectivity index (χ4n) is 1.75. The second-order valence-corrected chi connectivity index (χ2v) is 4.07. The maximum Gasteiger partial charge on any atom is 0.169 e. The van der Waals surface area contributed by atoms with Crippen molar-refractivity contribution in [3.63, 3.8) is 0 Å². The number of rotatable bonds is 3. The average molecular weight is 242 g/mol. The zero-order chi connectivity index (χ0) is 13.1. The molecular weight excluding hydrogens is 228 g/mol. The van der Waals surface area contributed by atoms with Gasteiger partial charge >= 0.3 is 0 Å². The van der Waals surface area contributed by atoms with Crippen molar-refractivity contribution in [3.8, 4) is 6.07 Å². The highest BCUT2D eigenvalue weighted by Gasteiger charge is 2.08. The summed E-state index contributed by atoms with van der Waals surface area (Å²) in [5, 5.41) is 16.5. The first-order valence-corrected chi connectivity index (χ1v) is 5.57. The molecule has 0 aromatic carbocycles. The molecule has 2 rings (SSSR count). The minimum atomic E-state index is 0.485. The molecule has 18 heavy (non-hydrogen) atoms. The van der Waals surface area contributed by atoms with Gasteiger partial charge in [-0.2, -0.15) is 10.4 Å². The largest absolute Gasteiger partial charge is 0.376 e. The molecule has 0 fully saturated rings. The number of nitrogens with zero attached hydrogens (tertiary/aromatic N) is 5. The molecule has 1 N–H and O–H groups in total. The third kappa shape index (κ3) is 2.46. The Morgan fingerprint density at radius 3 is 2.83 bits per heavy atom. The summed E-state index contributed by atoms with van der Waals surface area (Å²) in [5.41, 5.74) is 2.95. The van der Waals surface area contributed by atoms with Crippen LogP contribution in [0.2, 0.25) is 0 Å². The fraction of sp³-hybridized carbons (Fsp3) is 0.333. The summed E-state index contributed by atoms with van der Waals surface area (Å²) in [4.78, 5) is 8.39. The summed E-state index contributed by atoms with van der Waals surface area (Å²) in [6.45, 7) is 4.21. The molecule has 6 nitrogen and oxygen atoms in total. The standard InChI is InChI=1S/C12H14N6/c1-8-4-11(10(5-13)9(2)16-8)14-6-12-15-7-18(3)17-12/h4,7H,6H2,1-3H3,(H,14,16). The molecule has 0 spiro atoms. The first-order chi connectivity index (χ1) is 8.60. The molecule has 0 aliphatic carbocycles. The van der Waals surface area contributed by atoms with E-state index in [-0.39, 0.29) is 0 Å². The summed E-state index contributed by atoms with van der Waals surface area (Å²) in [5.74, 6) is 0.688. The second-order valence-electron chi connectivity index (χ2n) is 4.07. The van der Waals surface area contributed by atoms with Crippen LogP contribution in [0.4, 0.5) is 5.69 Å². The highest BCUT2D eigenvalue weighted by Crippen LogP contribution is 2.18. The van der Waals surface area contributed by atoms with Crippen molar-refractivity contribution in [1.29, 1.82) is 5.26 Å². The number of nitrogens with one attached hydrogen (secondary N) is 1. The number of hydrogen-bond acceptors (Lipinski definition) is 5. The molecule has 2 aromatic rings. The minimum Gasteiger partial charge on any atom is -0.376 e. The Morgan fingerprint density at radius 1 is 1.44 bits per heavy atom. The molecule has 0 radical (unpaired) electrons. The van der Waals surface area contributed by atoms with Crippen LogP contribution in [0.15, 0.2) is 12.4 Å². The van der Waals surface area contributed by atoms with Gasteiger partial charge in [0, 0.05) is 12.7 Å². The van der Waals surface area contributed by atoms with Crippen molar-refractivity contribution in [1.82, 2.24) is 19.7 Å². The van der Waals surface area contributed by atoms with Crippen LogP contribution in [-0.2, 0) is 13.6 Å². The third-order valence-corrected chi connectivity index (χ3v) is 2.52. The lowest BCUT2D eigenvalue weighted by atomic mass is 10.1. The van der Waals surface area contributed by atoms with Crippen molar-refractivity contribution in [2.24, 2.45) is 7.05 Å². The minimum absolute atomic E-state index is 0.485. The quantitative estimate of drug-likeness (QED) is 0.877. The highest BCUT2D eigenvalue weighted by molar-refractivity contribution is 5.59. The second kappa shape index (κ2) is 4.84. The normalized spacial score (nSPS) is 10.1. The van der Waals surface area contributed by atoms with E-state index in [1.54, 1.807) is 11.0 Å². The van der Waals surface area contributed by atoms with Crippen molar-refractivity contribution in [2.45, 2.75) is 20.4 Å². The smallest absolute Gasteiger partial charge is 0.169 e. The van der Waals surface area contributed by atoms with Crippen LogP contribution in [-0.4, -0.2) is 19.7 Å². The molecule has 0 aliphatic rings. The topological polar surface area (TPSA) is 79.4 Å². The van der Waals surface area contributed by atoms with Gasteiger partial charge in [0.05, 0.1) is 23.5 Å². The summed E-state index contributed by atoms with van der Waals surface area (Å²) in [7, 11) is 1.82. The van der Waals surface area contributed by atoms with E-state index in [1.807, 2.05) is 27.0 Å². The van der Waals surface area contributed by atoms with Crippen LogP contribution in [0.5, 0.6) is 0 Å². The Hall–Kier alpha value is -2.42. The Kier molecular flexibility index (Phi) is 3.24. The van der Waals surface area contributed by atoms with Gasteiger partial charge in [-0.1, -0.05) is 0 Å². The first kappa shape index (κ1) is 12.0. The van der Waals surface area contributed by atoms with Gasteiger partial charge in [-0.25, -0.2) is 4.98 Å². The van der Waals surface area contributed by atoms with Gasteiger partial charge in [0.2, 0.25) is 0 Å². The van der Waals surface area contributed by atoms with Crippen LogP contribution in [0.3, 0.4) is 0 Å². The van der Waals surface area contributed by atoms with Gasteiger partial charge in [0.1, 0.15) is 12.4 Å². The van der Waals surface area contributed by atoms with Crippen molar-refractivity contribution >= 4 is 5.69 Å². The van der Waals surface area contributed by atoms with Gasteiger partial charge in [0.25, 0.3) is 0 Å². The lowest BCUT2D eigenvalue weighted by Gasteiger charge is -2.09. The van der Waals surface area contributed by atoms with E-state index < -0.39 is 0 Å². The van der Waals surface area contributed by atoms with Gasteiger partial charge in [-0.15, -0.1) is 0 Å². The molecule has 0 amide bonds. The summed E-state index contributed by atoms with van der Waals surface area (Å²) in [6, 6.07) is 4.02. The van der Waals surface area contributed by atoms with Gasteiger partial charge in [-0.3, -0.25) is 9.67 Å². The molecule has 0 atom stereocenters. The number of aromatic nitrogens is 4. The molecule has 0 saturated carbocycles. The zero-order valence-corrected chi connectivity index (χ0v) is 10.6. The van der Waals surface area contributed by atoms with E-state index >= 15 is 0 Å². The predicted molar refractivity (Wildman–Crippen MR) is 66.8 cm³/mol. The van der Waals surface area contributed by atoms with Crippen LogP contribution >= 0.6 is 0 Å². The number of nitriles is 1. The average Bonchev–Trinajstić information content (AvgIpc) is 2.72. The Bertz CT molecular complexity index is 608. The van der Waals surface area contributed by atoms with E-state index in [0.717, 1.165) is 17.1 Å². The molecule has 92 valence electrons. The van der Waals surface area contributed by atoms with Crippen LogP contribution in [0.25, 0.3) is 0 Å². The Morgan fingerprint density at radius 2 is 2.22 bits per heavy atom. The molecule has 0 aliphatic heterocycles. The van der Waals surface area contributed by atoms with Crippen molar-refractivity contribution < 1.29 is 0 Å². The van der Waals surface area contributed by atoms with E-state index in [1.165, 1.54) is 0 Å². The molecule has 6 heteroatoms. The van der Waals surface area contributed by atoms with E-state index in [2.05, 4.69) is 26.5 Å². The van der Waals surface area contributed by atoms with Crippen molar-refractivity contribution in [2.75, 3.05) is 5.32 Å². The number of aryl methyl sites for hydroxylation is 3. The monoisotopic (exact) mass is 242 g/mol. The highest BCUT2D eigenvalue weighted by atomic mass is 15.3. The molecular formula is C12H14N6. The first-order valence-electron chi connectivity index (χ1n) is 5.57. The van der Waals surface area contributed by atoms with E-state index in [4.69, 9.17) is 5.26 Å². The SMILES string of the molecule is Cc1cc(NCc2ncn(C)n2)c(C#N)c(C)n1. The molecule has 0 unspecified atom stereocenters. The van der Waals surface area contributed by atoms with Crippen LogP contribution in [0.1, 0.15) is 22.8 Å². The molecule has 2 heterocycles. The van der Waals surface area contributed by atoms with Gasteiger partial charge in [0.15, 0.2) is 5.82 Å². The maximum absolute atomic E-state index is 9.13. The zero-order valence-electron chi connectivity index (χ0n) is 10.6. The van der Waals surface area contributed by atoms with E-state index in [0.29, 0.717) is 17.9 Å². The summed E-state index contributed by atoms with van der Waals surface area (Å²) in [6.07, 6.45) is 1.64.